The summed E-state index contributed by atoms with van der Waals surface area (Å²) < 4.78 is 0. The third kappa shape index (κ3) is 4.20. The van der Waals surface area contributed by atoms with Crippen LogP contribution in [0.5, 0.6) is 0 Å². The molecule has 0 fully saturated rings. The van der Waals surface area contributed by atoms with Crippen molar-refractivity contribution >= 4 is 0 Å². The number of rotatable bonds is 6. The van der Waals surface area contributed by atoms with Crippen molar-refractivity contribution in [2.75, 3.05) is 0 Å². The topological polar surface area (TPSA) is 26.0 Å². The fraction of sp³-hybridized carbons (Fsp3) is 0.800. The van der Waals surface area contributed by atoms with E-state index in [2.05, 4.69) is 20.4 Å². The van der Waals surface area contributed by atoms with E-state index in [1.54, 1.807) is 0 Å². The Morgan fingerprint density at radius 2 is 1.73 bits per heavy atom. The van der Waals surface area contributed by atoms with E-state index in [1.165, 1.54) is 25.7 Å². The van der Waals surface area contributed by atoms with Crippen LogP contribution in [0.2, 0.25) is 0 Å². The molecule has 0 aliphatic carbocycles. The first-order valence-corrected chi connectivity index (χ1v) is 4.64. The summed E-state index contributed by atoms with van der Waals surface area (Å²) in [6, 6.07) is 0.204. The molecule has 2 N–H and O–H groups in total. The molecule has 0 rings (SSSR count). The molecule has 1 nitrogen and oxygen atoms in total. The number of nitrogens with two attached hydrogens (primary N) is 1. The molecule has 0 aromatic carbocycles. The minimum atomic E-state index is 0.204. The molecule has 0 aromatic heterocycles. The van der Waals surface area contributed by atoms with Crippen LogP contribution in [0.3, 0.4) is 0 Å². The fourth-order valence-electron chi connectivity index (χ4n) is 1.46. The largest absolute Gasteiger partial charge is 0.324 e. The lowest BCUT2D eigenvalue weighted by Crippen LogP contribution is -2.27. The maximum absolute atomic E-state index is 5.87. The summed E-state index contributed by atoms with van der Waals surface area (Å²) in [4.78, 5) is 0. The van der Waals surface area contributed by atoms with Gasteiger partial charge in [0.25, 0.3) is 0 Å². The van der Waals surface area contributed by atoms with Gasteiger partial charge in [-0.2, -0.15) is 0 Å². The zero-order chi connectivity index (χ0) is 8.69. The summed E-state index contributed by atoms with van der Waals surface area (Å²) in [6.07, 6.45) is 6.80. The van der Waals surface area contributed by atoms with E-state index in [1.807, 2.05) is 6.08 Å². The molecule has 0 aliphatic heterocycles. The summed E-state index contributed by atoms with van der Waals surface area (Å²) in [5.41, 5.74) is 5.87. The van der Waals surface area contributed by atoms with E-state index >= 15 is 0 Å². The molecule has 0 spiro atoms. The Morgan fingerprint density at radius 1 is 1.27 bits per heavy atom. The minimum Gasteiger partial charge on any atom is -0.324 e. The Kier molecular flexibility index (Phi) is 6.24. The first kappa shape index (κ1) is 10.7. The Hall–Kier alpha value is -0.300. The van der Waals surface area contributed by atoms with Crippen molar-refractivity contribution in [1.29, 1.82) is 0 Å². The molecule has 0 saturated heterocycles. The van der Waals surface area contributed by atoms with Gasteiger partial charge in [-0.3, -0.25) is 0 Å². The van der Waals surface area contributed by atoms with Crippen molar-refractivity contribution in [2.45, 2.75) is 45.6 Å². The lowest BCUT2D eigenvalue weighted by Gasteiger charge is -2.19. The molecule has 1 atom stereocenters. The van der Waals surface area contributed by atoms with Gasteiger partial charge in [-0.1, -0.05) is 32.8 Å². The Bertz CT molecular complexity index is 93.0. The summed E-state index contributed by atoms with van der Waals surface area (Å²) in [7, 11) is 0. The highest BCUT2D eigenvalue weighted by molar-refractivity contribution is 4.87. The zero-order valence-electron chi connectivity index (χ0n) is 7.84. The van der Waals surface area contributed by atoms with Gasteiger partial charge in [0.2, 0.25) is 0 Å². The second kappa shape index (κ2) is 6.41. The van der Waals surface area contributed by atoms with Crippen molar-refractivity contribution in [3.63, 3.8) is 0 Å². The van der Waals surface area contributed by atoms with Crippen LogP contribution in [0.15, 0.2) is 12.7 Å². The van der Waals surface area contributed by atoms with Crippen LogP contribution in [0.1, 0.15) is 39.5 Å². The van der Waals surface area contributed by atoms with Crippen LogP contribution in [0.25, 0.3) is 0 Å². The van der Waals surface area contributed by atoms with E-state index in [4.69, 9.17) is 5.73 Å². The second-order valence-electron chi connectivity index (χ2n) is 3.15. The third-order valence-electron chi connectivity index (χ3n) is 2.14. The molecule has 0 bridgehead atoms. The summed E-state index contributed by atoms with van der Waals surface area (Å²) in [6.45, 7) is 8.13. The third-order valence-corrected chi connectivity index (χ3v) is 2.14. The zero-order valence-corrected chi connectivity index (χ0v) is 7.84. The molecule has 0 amide bonds. The number of hydrogen-bond acceptors (Lipinski definition) is 1. The summed E-state index contributed by atoms with van der Waals surface area (Å²) in [5, 5.41) is 0. The van der Waals surface area contributed by atoms with Gasteiger partial charge in [0.05, 0.1) is 0 Å². The maximum atomic E-state index is 5.87. The number of hydrogen-bond donors (Lipinski definition) is 1. The van der Waals surface area contributed by atoms with Gasteiger partial charge >= 0.3 is 0 Å². The smallest absolute Gasteiger partial charge is 0.0249 e. The van der Waals surface area contributed by atoms with Gasteiger partial charge in [0.1, 0.15) is 0 Å². The van der Waals surface area contributed by atoms with Crippen LogP contribution >= 0.6 is 0 Å². The standard InChI is InChI=1S/C10H21N/c1-4-7-9(8-5-2)10(11)6-3/h6,9-10H,3-5,7-8,11H2,1-2H3. The fourth-order valence-corrected chi connectivity index (χ4v) is 1.46. The summed E-state index contributed by atoms with van der Waals surface area (Å²) in [5.74, 6) is 0.655. The lowest BCUT2D eigenvalue weighted by atomic mass is 9.91. The molecular formula is C10H21N. The quantitative estimate of drug-likeness (QED) is 0.586. The molecule has 0 radical (unpaired) electrons. The van der Waals surface area contributed by atoms with Crippen LogP contribution in [0.4, 0.5) is 0 Å². The van der Waals surface area contributed by atoms with Gasteiger partial charge in [-0.05, 0) is 18.8 Å². The van der Waals surface area contributed by atoms with E-state index in [0.29, 0.717) is 5.92 Å². The van der Waals surface area contributed by atoms with Crippen molar-refractivity contribution in [2.24, 2.45) is 11.7 Å². The van der Waals surface area contributed by atoms with E-state index in [-0.39, 0.29) is 6.04 Å². The van der Waals surface area contributed by atoms with Crippen LogP contribution in [-0.2, 0) is 0 Å². The van der Waals surface area contributed by atoms with Gasteiger partial charge in [-0.15, -0.1) is 6.58 Å². The molecule has 1 unspecified atom stereocenters. The molecule has 11 heavy (non-hydrogen) atoms. The monoisotopic (exact) mass is 155 g/mol. The van der Waals surface area contributed by atoms with E-state index in [0.717, 1.165) is 0 Å². The van der Waals surface area contributed by atoms with Crippen LogP contribution in [-0.4, -0.2) is 6.04 Å². The van der Waals surface area contributed by atoms with Crippen molar-refractivity contribution in [3.05, 3.63) is 12.7 Å². The van der Waals surface area contributed by atoms with Gasteiger partial charge < -0.3 is 5.73 Å². The molecule has 0 aromatic rings. The van der Waals surface area contributed by atoms with Gasteiger partial charge in [0, 0.05) is 6.04 Å². The Labute approximate surface area is 70.7 Å². The van der Waals surface area contributed by atoms with Crippen molar-refractivity contribution in [3.8, 4) is 0 Å². The lowest BCUT2D eigenvalue weighted by molar-refractivity contribution is 0.402. The van der Waals surface area contributed by atoms with Crippen molar-refractivity contribution in [1.82, 2.24) is 0 Å². The van der Waals surface area contributed by atoms with E-state index in [9.17, 15) is 0 Å². The highest BCUT2D eigenvalue weighted by Crippen LogP contribution is 2.16. The molecule has 66 valence electrons. The normalized spacial score (nSPS) is 13.5. The highest BCUT2D eigenvalue weighted by Gasteiger charge is 2.11. The predicted octanol–water partition coefficient (Wildman–Crippen LogP) is 2.72. The Balaban J connectivity index is 3.75. The second-order valence-corrected chi connectivity index (χ2v) is 3.15. The molecule has 0 saturated carbocycles. The molecular weight excluding hydrogens is 134 g/mol. The SMILES string of the molecule is C=CC(N)C(CCC)CCC. The average Bonchev–Trinajstić information content (AvgIpc) is 2.03. The predicted molar refractivity (Wildman–Crippen MR) is 51.5 cm³/mol. The average molecular weight is 155 g/mol. The first-order valence-electron chi connectivity index (χ1n) is 4.64. The maximum Gasteiger partial charge on any atom is 0.0249 e. The van der Waals surface area contributed by atoms with Crippen LogP contribution in [0, 0.1) is 5.92 Å². The molecule has 0 heterocycles. The van der Waals surface area contributed by atoms with Crippen LogP contribution < -0.4 is 5.73 Å². The van der Waals surface area contributed by atoms with E-state index < -0.39 is 0 Å². The first-order chi connectivity index (χ1) is 5.26. The summed E-state index contributed by atoms with van der Waals surface area (Å²) >= 11 is 0. The molecule has 0 aliphatic rings. The van der Waals surface area contributed by atoms with Gasteiger partial charge in [0.15, 0.2) is 0 Å². The van der Waals surface area contributed by atoms with Crippen molar-refractivity contribution < 1.29 is 0 Å². The van der Waals surface area contributed by atoms with Gasteiger partial charge in [-0.25, -0.2) is 0 Å². The molecule has 1 heteroatoms. The minimum absolute atomic E-state index is 0.204. The Morgan fingerprint density at radius 3 is 2.00 bits per heavy atom. The highest BCUT2D eigenvalue weighted by atomic mass is 14.6.